The van der Waals surface area contributed by atoms with E-state index in [1.807, 2.05) is 12.3 Å². The molecule has 0 saturated carbocycles. The van der Waals surface area contributed by atoms with Gasteiger partial charge in [-0.05, 0) is 44.4 Å². The molecule has 17 heavy (non-hydrogen) atoms. The average Bonchev–Trinajstić information content (AvgIpc) is 2.27. The van der Waals surface area contributed by atoms with Gasteiger partial charge in [-0.15, -0.1) is 0 Å². The minimum atomic E-state index is 0.462. The first kappa shape index (κ1) is 14.0. The van der Waals surface area contributed by atoms with E-state index in [-0.39, 0.29) is 0 Å². The molecule has 1 aromatic rings. The highest BCUT2D eigenvalue weighted by Crippen LogP contribution is 2.21. The van der Waals surface area contributed by atoms with E-state index in [4.69, 9.17) is 5.73 Å². The number of aromatic nitrogens is 1. The maximum atomic E-state index is 5.66. The van der Waals surface area contributed by atoms with Crippen molar-refractivity contribution >= 4 is 5.82 Å². The van der Waals surface area contributed by atoms with Crippen LogP contribution in [-0.4, -0.2) is 24.1 Å². The van der Waals surface area contributed by atoms with Gasteiger partial charge in [-0.1, -0.05) is 19.9 Å². The maximum absolute atomic E-state index is 5.66. The van der Waals surface area contributed by atoms with E-state index in [9.17, 15) is 0 Å². The second-order valence-electron chi connectivity index (χ2n) is 5.16. The fraction of sp³-hybridized carbons (Fsp3) is 0.643. The Balaban J connectivity index is 3.00. The van der Waals surface area contributed by atoms with Crippen molar-refractivity contribution in [3.63, 3.8) is 0 Å². The topological polar surface area (TPSA) is 42.2 Å². The lowest BCUT2D eigenvalue weighted by Gasteiger charge is -2.31. The number of anilines is 1. The molecule has 0 atom stereocenters. The first-order valence-electron chi connectivity index (χ1n) is 6.46. The summed E-state index contributed by atoms with van der Waals surface area (Å²) >= 11 is 0. The molecule has 3 heteroatoms. The summed E-state index contributed by atoms with van der Waals surface area (Å²) in [7, 11) is 0. The van der Waals surface area contributed by atoms with Crippen LogP contribution in [0.15, 0.2) is 18.3 Å². The monoisotopic (exact) mass is 235 g/mol. The van der Waals surface area contributed by atoms with Crippen molar-refractivity contribution in [2.75, 3.05) is 18.0 Å². The molecule has 0 saturated heterocycles. The van der Waals surface area contributed by atoms with E-state index in [0.717, 1.165) is 18.8 Å². The molecule has 0 fully saturated rings. The molecule has 0 aromatic carbocycles. The zero-order valence-corrected chi connectivity index (χ0v) is 11.5. The van der Waals surface area contributed by atoms with Gasteiger partial charge in [0, 0.05) is 18.8 Å². The Labute approximate surface area is 105 Å². The van der Waals surface area contributed by atoms with Gasteiger partial charge in [-0.25, -0.2) is 4.98 Å². The van der Waals surface area contributed by atoms with Crippen LogP contribution in [0, 0.1) is 5.92 Å². The molecule has 0 bridgehead atoms. The Hall–Kier alpha value is -1.09. The van der Waals surface area contributed by atoms with E-state index >= 15 is 0 Å². The summed E-state index contributed by atoms with van der Waals surface area (Å²) in [5.41, 5.74) is 6.91. The first-order valence-corrected chi connectivity index (χ1v) is 6.46. The summed E-state index contributed by atoms with van der Waals surface area (Å²) in [6.45, 7) is 10.6. The highest BCUT2D eigenvalue weighted by molar-refractivity contribution is 5.47. The van der Waals surface area contributed by atoms with E-state index in [0.29, 0.717) is 18.5 Å². The van der Waals surface area contributed by atoms with Crippen LogP contribution in [0.3, 0.4) is 0 Å². The molecule has 1 heterocycles. The van der Waals surface area contributed by atoms with Gasteiger partial charge in [0.15, 0.2) is 0 Å². The molecule has 2 N–H and O–H groups in total. The van der Waals surface area contributed by atoms with Crippen molar-refractivity contribution < 1.29 is 0 Å². The Morgan fingerprint density at radius 3 is 2.53 bits per heavy atom. The molecule has 1 aromatic heterocycles. The van der Waals surface area contributed by atoms with Gasteiger partial charge in [-0.2, -0.15) is 0 Å². The number of rotatable bonds is 6. The summed E-state index contributed by atoms with van der Waals surface area (Å²) in [4.78, 5) is 6.91. The average molecular weight is 235 g/mol. The maximum Gasteiger partial charge on any atom is 0.131 e. The highest BCUT2D eigenvalue weighted by atomic mass is 15.2. The summed E-state index contributed by atoms with van der Waals surface area (Å²) < 4.78 is 0. The molecule has 1 rings (SSSR count). The van der Waals surface area contributed by atoms with Crippen LogP contribution < -0.4 is 10.6 Å². The molecular weight excluding hydrogens is 210 g/mol. The number of hydrogen-bond acceptors (Lipinski definition) is 3. The molecular formula is C14H25N3. The third-order valence-electron chi connectivity index (χ3n) is 2.74. The van der Waals surface area contributed by atoms with Crippen molar-refractivity contribution in [3.05, 3.63) is 23.9 Å². The van der Waals surface area contributed by atoms with Crippen LogP contribution in [-0.2, 0) is 6.42 Å². The largest absolute Gasteiger partial charge is 0.354 e. The van der Waals surface area contributed by atoms with Crippen LogP contribution >= 0.6 is 0 Å². The van der Waals surface area contributed by atoms with Crippen LogP contribution in [0.5, 0.6) is 0 Å². The van der Waals surface area contributed by atoms with Crippen molar-refractivity contribution in [2.45, 2.75) is 40.2 Å². The number of nitrogens with zero attached hydrogens (tertiary/aromatic N) is 2. The Morgan fingerprint density at radius 2 is 2.00 bits per heavy atom. The molecule has 0 amide bonds. The van der Waals surface area contributed by atoms with Crippen molar-refractivity contribution in [1.82, 2.24) is 4.98 Å². The second-order valence-corrected chi connectivity index (χ2v) is 5.16. The standard InChI is InChI=1S/C14H25N3/c1-11(2)10-17(12(3)4)14-13(7-8-15)6-5-9-16-14/h5-6,9,11-12H,7-8,10,15H2,1-4H3. The summed E-state index contributed by atoms with van der Waals surface area (Å²) in [5.74, 6) is 1.73. The lowest BCUT2D eigenvalue weighted by atomic mass is 10.1. The zero-order valence-electron chi connectivity index (χ0n) is 11.5. The zero-order chi connectivity index (χ0) is 12.8. The number of pyridine rings is 1. The minimum Gasteiger partial charge on any atom is -0.354 e. The van der Waals surface area contributed by atoms with E-state index in [1.54, 1.807) is 0 Å². The van der Waals surface area contributed by atoms with E-state index in [2.05, 4.69) is 43.6 Å². The number of nitrogens with two attached hydrogens (primary N) is 1. The van der Waals surface area contributed by atoms with Crippen molar-refractivity contribution in [2.24, 2.45) is 11.7 Å². The third kappa shape index (κ3) is 4.00. The van der Waals surface area contributed by atoms with Crippen molar-refractivity contribution in [3.8, 4) is 0 Å². The summed E-state index contributed by atoms with van der Waals surface area (Å²) in [6.07, 6.45) is 2.76. The van der Waals surface area contributed by atoms with Gasteiger partial charge in [0.1, 0.15) is 5.82 Å². The van der Waals surface area contributed by atoms with Gasteiger partial charge >= 0.3 is 0 Å². The number of hydrogen-bond donors (Lipinski definition) is 1. The fourth-order valence-electron chi connectivity index (χ4n) is 1.97. The Morgan fingerprint density at radius 1 is 1.29 bits per heavy atom. The predicted molar refractivity (Wildman–Crippen MR) is 74.3 cm³/mol. The van der Waals surface area contributed by atoms with Gasteiger partial charge in [0.2, 0.25) is 0 Å². The predicted octanol–water partition coefficient (Wildman–Crippen LogP) is 2.45. The van der Waals surface area contributed by atoms with Crippen LogP contribution in [0.1, 0.15) is 33.3 Å². The van der Waals surface area contributed by atoms with Gasteiger partial charge in [0.25, 0.3) is 0 Å². The normalized spacial score (nSPS) is 11.2. The summed E-state index contributed by atoms with van der Waals surface area (Å²) in [6, 6.07) is 4.58. The Kier molecular flexibility index (Phi) is 5.42. The quantitative estimate of drug-likeness (QED) is 0.823. The Bertz CT molecular complexity index is 334. The molecule has 0 spiro atoms. The van der Waals surface area contributed by atoms with Crippen LogP contribution in [0.2, 0.25) is 0 Å². The third-order valence-corrected chi connectivity index (χ3v) is 2.74. The summed E-state index contributed by atoms with van der Waals surface area (Å²) in [5, 5.41) is 0. The van der Waals surface area contributed by atoms with Gasteiger partial charge in [0.05, 0.1) is 0 Å². The molecule has 0 unspecified atom stereocenters. The smallest absolute Gasteiger partial charge is 0.131 e. The van der Waals surface area contributed by atoms with Crippen molar-refractivity contribution in [1.29, 1.82) is 0 Å². The van der Waals surface area contributed by atoms with E-state index < -0.39 is 0 Å². The lowest BCUT2D eigenvalue weighted by molar-refractivity contribution is 0.564. The second kappa shape index (κ2) is 6.60. The van der Waals surface area contributed by atoms with Crippen LogP contribution in [0.4, 0.5) is 5.82 Å². The highest BCUT2D eigenvalue weighted by Gasteiger charge is 2.16. The molecule has 0 aliphatic carbocycles. The lowest BCUT2D eigenvalue weighted by Crippen LogP contribution is -2.35. The van der Waals surface area contributed by atoms with Gasteiger partial charge < -0.3 is 10.6 Å². The fourth-order valence-corrected chi connectivity index (χ4v) is 1.97. The molecule has 0 aliphatic heterocycles. The minimum absolute atomic E-state index is 0.462. The molecule has 96 valence electrons. The molecule has 0 aliphatic rings. The first-order chi connectivity index (χ1) is 8.06. The van der Waals surface area contributed by atoms with Crippen LogP contribution in [0.25, 0.3) is 0 Å². The van der Waals surface area contributed by atoms with E-state index in [1.165, 1.54) is 5.56 Å². The molecule has 3 nitrogen and oxygen atoms in total. The van der Waals surface area contributed by atoms with Gasteiger partial charge in [-0.3, -0.25) is 0 Å². The molecule has 0 radical (unpaired) electrons. The SMILES string of the molecule is CC(C)CN(c1ncccc1CCN)C(C)C.